The fourth-order valence-electron chi connectivity index (χ4n) is 9.44. The predicted octanol–water partition coefficient (Wildman–Crippen LogP) is 14.7. The molecule has 0 radical (unpaired) electrons. The Bertz CT molecular complexity index is 3490. The van der Waals surface area contributed by atoms with E-state index in [1.165, 1.54) is 22.3 Å². The van der Waals surface area contributed by atoms with Gasteiger partial charge in [0.25, 0.3) is 0 Å². The topological polar surface area (TPSA) is 51.8 Å². The average Bonchev–Trinajstić information content (AvgIpc) is 3.80. The molecule has 0 saturated heterocycles. The van der Waals surface area contributed by atoms with Crippen LogP contribution in [0.2, 0.25) is 0 Å². The Labute approximate surface area is 347 Å². The Morgan fingerprint density at radius 1 is 0.400 bits per heavy atom. The maximum absolute atomic E-state index is 6.74. The summed E-state index contributed by atoms with van der Waals surface area (Å²) in [4.78, 5) is 15.4. The van der Waals surface area contributed by atoms with Gasteiger partial charge in [-0.1, -0.05) is 166 Å². The first-order chi connectivity index (χ1) is 29.5. The van der Waals surface area contributed by atoms with Crippen LogP contribution in [0.15, 0.2) is 192 Å². The molecular formula is C56H37N3O. The van der Waals surface area contributed by atoms with E-state index in [1.807, 2.05) is 30.3 Å². The fraction of sp³-hybridized carbons (Fsp3) is 0.0536. The van der Waals surface area contributed by atoms with Crippen LogP contribution in [0.3, 0.4) is 0 Å². The summed E-state index contributed by atoms with van der Waals surface area (Å²) >= 11 is 0. The first-order valence-electron chi connectivity index (χ1n) is 20.5. The van der Waals surface area contributed by atoms with Gasteiger partial charge in [0.1, 0.15) is 11.2 Å². The number of pyridine rings is 1. The molecule has 3 aromatic heterocycles. The van der Waals surface area contributed by atoms with Crippen LogP contribution in [0.5, 0.6) is 0 Å². The lowest BCUT2D eigenvalue weighted by Gasteiger charge is -2.21. The van der Waals surface area contributed by atoms with Crippen LogP contribution in [0, 0.1) is 0 Å². The first-order valence-corrected chi connectivity index (χ1v) is 20.5. The van der Waals surface area contributed by atoms with Gasteiger partial charge in [0.2, 0.25) is 0 Å². The third-order valence-corrected chi connectivity index (χ3v) is 12.5. The monoisotopic (exact) mass is 767 g/mol. The van der Waals surface area contributed by atoms with Crippen LogP contribution >= 0.6 is 0 Å². The Morgan fingerprint density at radius 2 is 1.03 bits per heavy atom. The number of nitrogens with zero attached hydrogens (tertiary/aromatic N) is 3. The molecule has 1 aliphatic carbocycles. The van der Waals surface area contributed by atoms with Gasteiger partial charge in [-0.05, 0) is 69.8 Å². The van der Waals surface area contributed by atoms with Crippen molar-refractivity contribution in [2.24, 2.45) is 0 Å². The van der Waals surface area contributed by atoms with E-state index in [0.717, 1.165) is 94.1 Å². The number of rotatable bonds is 5. The molecule has 4 nitrogen and oxygen atoms in total. The van der Waals surface area contributed by atoms with Gasteiger partial charge >= 0.3 is 0 Å². The maximum Gasteiger partial charge on any atom is 0.160 e. The molecule has 4 heteroatoms. The van der Waals surface area contributed by atoms with Crippen LogP contribution < -0.4 is 0 Å². The van der Waals surface area contributed by atoms with Crippen molar-refractivity contribution in [1.29, 1.82) is 0 Å². The molecule has 0 atom stereocenters. The summed E-state index contributed by atoms with van der Waals surface area (Å²) in [6.07, 6.45) is 0. The molecule has 1 aliphatic rings. The van der Waals surface area contributed by atoms with Gasteiger partial charge in [-0.15, -0.1) is 0 Å². The summed E-state index contributed by atoms with van der Waals surface area (Å²) < 4.78 is 6.74. The Morgan fingerprint density at radius 3 is 1.85 bits per heavy atom. The zero-order valence-electron chi connectivity index (χ0n) is 33.1. The molecule has 0 unspecified atom stereocenters. The van der Waals surface area contributed by atoms with Gasteiger partial charge in [0.15, 0.2) is 5.82 Å². The first kappa shape index (κ1) is 34.4. The Balaban J connectivity index is 0.949. The quantitative estimate of drug-likeness (QED) is 0.164. The highest BCUT2D eigenvalue weighted by Crippen LogP contribution is 2.49. The lowest BCUT2D eigenvalue weighted by molar-refractivity contribution is 0.660. The molecule has 0 N–H and O–H groups in total. The van der Waals surface area contributed by atoms with Crippen molar-refractivity contribution in [2.75, 3.05) is 0 Å². The van der Waals surface area contributed by atoms with Gasteiger partial charge < -0.3 is 4.42 Å². The van der Waals surface area contributed by atoms with Crippen molar-refractivity contribution in [1.82, 2.24) is 15.0 Å². The normalized spacial score (nSPS) is 13.0. The molecule has 8 aromatic carbocycles. The number of hydrogen-bond donors (Lipinski definition) is 0. The zero-order valence-corrected chi connectivity index (χ0v) is 33.1. The maximum atomic E-state index is 6.74. The predicted molar refractivity (Wildman–Crippen MR) is 247 cm³/mol. The fourth-order valence-corrected chi connectivity index (χ4v) is 9.44. The van der Waals surface area contributed by atoms with E-state index in [1.54, 1.807) is 0 Å². The number of hydrogen-bond acceptors (Lipinski definition) is 4. The highest BCUT2D eigenvalue weighted by Gasteiger charge is 2.35. The number of para-hydroxylation sites is 1. The molecule has 282 valence electrons. The molecule has 12 rings (SSSR count). The summed E-state index contributed by atoms with van der Waals surface area (Å²) in [5.74, 6) is 0.706. The molecule has 0 spiro atoms. The number of furan rings is 1. The zero-order chi connectivity index (χ0) is 40.0. The van der Waals surface area contributed by atoms with Crippen molar-refractivity contribution in [2.45, 2.75) is 19.3 Å². The molecule has 0 saturated carbocycles. The molecular weight excluding hydrogens is 731 g/mol. The van der Waals surface area contributed by atoms with E-state index < -0.39 is 0 Å². The summed E-state index contributed by atoms with van der Waals surface area (Å²) in [5.41, 5.74) is 17.1. The smallest absolute Gasteiger partial charge is 0.160 e. The Kier molecular flexibility index (Phi) is 7.54. The molecule has 0 bridgehead atoms. The third kappa shape index (κ3) is 5.34. The van der Waals surface area contributed by atoms with Crippen molar-refractivity contribution in [3.63, 3.8) is 0 Å². The van der Waals surface area contributed by atoms with E-state index in [2.05, 4.69) is 172 Å². The summed E-state index contributed by atoms with van der Waals surface area (Å²) in [6.45, 7) is 4.63. The van der Waals surface area contributed by atoms with E-state index >= 15 is 0 Å². The molecule has 0 amide bonds. The van der Waals surface area contributed by atoms with E-state index in [9.17, 15) is 0 Å². The number of fused-ring (bicyclic) bond motifs is 10. The molecule has 0 fully saturated rings. The lowest BCUT2D eigenvalue weighted by Crippen LogP contribution is -2.14. The second-order valence-electron chi connectivity index (χ2n) is 16.4. The van der Waals surface area contributed by atoms with Crippen molar-refractivity contribution in [3.8, 4) is 67.4 Å². The largest absolute Gasteiger partial charge is 0.455 e. The van der Waals surface area contributed by atoms with E-state index in [0.29, 0.717) is 5.82 Å². The second kappa shape index (κ2) is 13.2. The summed E-state index contributed by atoms with van der Waals surface area (Å²) in [6, 6.07) is 66.4. The standard InChI is InChI=1S/C56H37N3O/c1-56(2)46-19-11-9-17-40(46)44-32-39(25-29-47(44)56)50-33-49(58-55(59-50)37-15-7-4-8-16-37)35-23-21-34(22-24-35)38-26-30-51-45(31-38)41-27-28-43-52(54(41)60-51)42-18-10-12-20-48(42)57-53(43)36-13-5-3-6-14-36/h3-33H,1-2H3. The van der Waals surface area contributed by atoms with Crippen LogP contribution in [0.4, 0.5) is 0 Å². The number of benzene rings is 8. The van der Waals surface area contributed by atoms with Gasteiger partial charge in [-0.2, -0.15) is 0 Å². The van der Waals surface area contributed by atoms with Crippen LogP contribution in [-0.2, 0) is 5.41 Å². The van der Waals surface area contributed by atoms with Crippen LogP contribution in [-0.4, -0.2) is 15.0 Å². The van der Waals surface area contributed by atoms with Crippen LogP contribution in [0.1, 0.15) is 25.0 Å². The average molecular weight is 768 g/mol. The Hall–Kier alpha value is -7.69. The van der Waals surface area contributed by atoms with Crippen LogP contribution in [0.25, 0.3) is 111 Å². The molecule has 11 aromatic rings. The van der Waals surface area contributed by atoms with Gasteiger partial charge in [0.05, 0.1) is 22.6 Å². The van der Waals surface area contributed by atoms with Crippen molar-refractivity contribution < 1.29 is 4.42 Å². The van der Waals surface area contributed by atoms with Crippen molar-refractivity contribution in [3.05, 3.63) is 199 Å². The van der Waals surface area contributed by atoms with Gasteiger partial charge in [-0.25, -0.2) is 15.0 Å². The van der Waals surface area contributed by atoms with Gasteiger partial charge in [0, 0.05) is 54.6 Å². The van der Waals surface area contributed by atoms with Crippen molar-refractivity contribution >= 4 is 43.6 Å². The summed E-state index contributed by atoms with van der Waals surface area (Å²) in [5, 5.41) is 5.43. The number of aromatic nitrogens is 3. The van der Waals surface area contributed by atoms with E-state index in [4.69, 9.17) is 19.4 Å². The molecule has 60 heavy (non-hydrogen) atoms. The minimum atomic E-state index is -0.0545. The molecule has 3 heterocycles. The lowest BCUT2D eigenvalue weighted by atomic mass is 9.82. The third-order valence-electron chi connectivity index (χ3n) is 12.5. The SMILES string of the molecule is CC1(C)c2ccccc2-c2cc(-c3cc(-c4ccc(-c5ccc6oc7c(ccc8c(-c9ccccc9)nc9ccccc9c87)c6c5)cc4)nc(-c4ccccc4)n3)ccc21. The van der Waals surface area contributed by atoms with E-state index in [-0.39, 0.29) is 5.41 Å². The highest BCUT2D eigenvalue weighted by atomic mass is 16.3. The minimum Gasteiger partial charge on any atom is -0.455 e. The highest BCUT2D eigenvalue weighted by molar-refractivity contribution is 6.24. The molecule has 0 aliphatic heterocycles. The second-order valence-corrected chi connectivity index (χ2v) is 16.4. The minimum absolute atomic E-state index is 0.0545. The summed E-state index contributed by atoms with van der Waals surface area (Å²) in [7, 11) is 0. The van der Waals surface area contributed by atoms with Gasteiger partial charge in [-0.3, -0.25) is 0 Å².